The molecular weight excluding hydrogens is 388 g/mol. The van der Waals surface area contributed by atoms with Crippen molar-refractivity contribution in [1.82, 2.24) is 10.2 Å². The first-order valence-corrected chi connectivity index (χ1v) is 12.7. The highest BCUT2D eigenvalue weighted by atomic mass is 16.4. The van der Waals surface area contributed by atoms with E-state index in [4.69, 9.17) is 5.11 Å². The third kappa shape index (κ3) is 33.5. The molecule has 1 amide bonds. The van der Waals surface area contributed by atoms with Crippen LogP contribution in [0.5, 0.6) is 0 Å². The van der Waals surface area contributed by atoms with Gasteiger partial charge in [0.05, 0.1) is 0 Å². The molecule has 0 bridgehead atoms. The Morgan fingerprint density at radius 2 is 1.26 bits per heavy atom. The van der Waals surface area contributed by atoms with E-state index in [1.54, 1.807) is 6.92 Å². The van der Waals surface area contributed by atoms with Gasteiger partial charge >= 0.3 is 5.97 Å². The summed E-state index contributed by atoms with van der Waals surface area (Å²) in [6.07, 6.45) is 23.6. The minimum absolute atomic E-state index is 0.222. The van der Waals surface area contributed by atoms with Crippen molar-refractivity contribution in [2.45, 2.75) is 117 Å². The summed E-state index contributed by atoms with van der Waals surface area (Å²) in [5, 5.41) is 10.7. The van der Waals surface area contributed by atoms with Crippen molar-refractivity contribution in [1.29, 1.82) is 0 Å². The number of carbonyl (C=O) groups excluding carboxylic acids is 1. The lowest BCUT2D eigenvalue weighted by Crippen LogP contribution is -2.26. The molecule has 0 unspecified atom stereocenters. The normalized spacial score (nSPS) is 10.9. The first-order chi connectivity index (χ1) is 14.9. The Morgan fingerprint density at radius 3 is 1.74 bits per heavy atom. The summed E-state index contributed by atoms with van der Waals surface area (Å²) in [5.74, 6) is -0.522. The number of aliphatic carboxylic acids is 1. The molecule has 0 saturated heterocycles. The van der Waals surface area contributed by atoms with Gasteiger partial charge in [-0.15, -0.1) is 0 Å². The summed E-state index contributed by atoms with van der Waals surface area (Å²) in [4.78, 5) is 23.2. The average Bonchev–Trinajstić information content (AvgIpc) is 2.74. The van der Waals surface area contributed by atoms with Gasteiger partial charge in [0.15, 0.2) is 0 Å². The van der Waals surface area contributed by atoms with Crippen molar-refractivity contribution in [2.75, 3.05) is 27.2 Å². The summed E-state index contributed by atoms with van der Waals surface area (Å²) in [6.45, 7) is 5.71. The Morgan fingerprint density at radius 1 is 0.774 bits per heavy atom. The third-order valence-corrected chi connectivity index (χ3v) is 5.07. The number of hydrogen-bond acceptors (Lipinski definition) is 3. The number of nitrogens with zero attached hydrogens (tertiary/aromatic N) is 1. The second-order valence-electron chi connectivity index (χ2n) is 8.59. The summed E-state index contributed by atoms with van der Waals surface area (Å²) in [7, 11) is 4.13. The minimum Gasteiger partial charge on any atom is -0.481 e. The Labute approximate surface area is 193 Å². The Hall–Kier alpha value is -1.36. The molecule has 0 saturated carbocycles. The maximum absolute atomic E-state index is 11.7. The van der Waals surface area contributed by atoms with E-state index in [0.29, 0.717) is 6.42 Å². The first kappa shape index (κ1) is 31.8. The van der Waals surface area contributed by atoms with Crippen LogP contribution >= 0.6 is 0 Å². The third-order valence-electron chi connectivity index (χ3n) is 5.07. The van der Waals surface area contributed by atoms with Crippen molar-refractivity contribution in [3.63, 3.8) is 0 Å². The molecule has 0 aromatic rings. The molecule has 0 fully saturated rings. The molecule has 0 aliphatic rings. The van der Waals surface area contributed by atoms with Crippen LogP contribution < -0.4 is 5.32 Å². The number of amides is 1. The zero-order valence-corrected chi connectivity index (χ0v) is 21.1. The molecule has 5 heteroatoms. The number of allylic oxidation sites excluding steroid dienone is 2. The van der Waals surface area contributed by atoms with Gasteiger partial charge in [0.2, 0.25) is 5.91 Å². The fourth-order valence-electron chi connectivity index (χ4n) is 3.07. The van der Waals surface area contributed by atoms with E-state index in [1.807, 2.05) is 0 Å². The number of unbranched alkanes of at least 4 members (excludes halogenated alkanes) is 11. The molecule has 5 nitrogen and oxygen atoms in total. The van der Waals surface area contributed by atoms with Gasteiger partial charge in [-0.1, -0.05) is 77.4 Å². The lowest BCUT2D eigenvalue weighted by Gasteiger charge is -2.09. The molecule has 0 aromatic heterocycles. The van der Waals surface area contributed by atoms with E-state index < -0.39 is 5.97 Å². The van der Waals surface area contributed by atoms with Gasteiger partial charge in [-0.25, -0.2) is 0 Å². The second kappa shape index (κ2) is 26.7. The predicted octanol–water partition coefficient (Wildman–Crippen LogP) is 6.57. The van der Waals surface area contributed by atoms with Crippen molar-refractivity contribution in [2.24, 2.45) is 0 Å². The summed E-state index contributed by atoms with van der Waals surface area (Å²) >= 11 is 0. The van der Waals surface area contributed by atoms with E-state index in [9.17, 15) is 9.59 Å². The number of carboxylic acid groups (broad SMARTS) is 1. The van der Waals surface area contributed by atoms with Crippen LogP contribution in [-0.2, 0) is 9.59 Å². The monoisotopic (exact) mass is 440 g/mol. The zero-order valence-electron chi connectivity index (χ0n) is 21.1. The SMILES string of the molecule is CCC(=O)O.CCCCCCCC/C=C/CCCCCCCC(=O)NCCCN(C)C. The summed E-state index contributed by atoms with van der Waals surface area (Å²) < 4.78 is 0. The number of carboxylic acids is 1. The molecule has 31 heavy (non-hydrogen) atoms. The Kier molecular flexibility index (Phi) is 27.4. The maximum atomic E-state index is 11.7. The van der Waals surface area contributed by atoms with Crippen LogP contribution in [-0.4, -0.2) is 49.1 Å². The molecular formula is C26H52N2O3. The predicted molar refractivity (Wildman–Crippen MR) is 134 cm³/mol. The highest BCUT2D eigenvalue weighted by molar-refractivity contribution is 5.75. The number of rotatable bonds is 20. The van der Waals surface area contributed by atoms with Crippen molar-refractivity contribution in [3.8, 4) is 0 Å². The van der Waals surface area contributed by atoms with Crippen LogP contribution in [0, 0.1) is 0 Å². The molecule has 0 atom stereocenters. The Bertz CT molecular complexity index is 423. The van der Waals surface area contributed by atoms with E-state index in [0.717, 1.165) is 25.9 Å². The maximum Gasteiger partial charge on any atom is 0.303 e. The van der Waals surface area contributed by atoms with Gasteiger partial charge < -0.3 is 15.3 Å². The van der Waals surface area contributed by atoms with Crippen LogP contribution in [0.25, 0.3) is 0 Å². The highest BCUT2D eigenvalue weighted by Crippen LogP contribution is 2.09. The van der Waals surface area contributed by atoms with Crippen molar-refractivity contribution < 1.29 is 14.7 Å². The molecule has 2 N–H and O–H groups in total. The van der Waals surface area contributed by atoms with Crippen LogP contribution in [0.15, 0.2) is 12.2 Å². The first-order valence-electron chi connectivity index (χ1n) is 12.7. The standard InChI is InChI=1S/C23H46N2O.C3H6O2/c1-4-5-6-7-8-9-10-11-12-13-14-15-16-17-18-20-23(26)24-21-19-22-25(2)3;1-2-3(4)5/h11-12H,4-10,13-22H2,1-3H3,(H,24,26);2H2,1H3,(H,4,5)/b12-11+;. The molecule has 0 heterocycles. The second-order valence-corrected chi connectivity index (χ2v) is 8.59. The Balaban J connectivity index is 0. The number of carbonyl (C=O) groups is 2. The summed E-state index contributed by atoms with van der Waals surface area (Å²) in [6, 6.07) is 0. The number of hydrogen-bond donors (Lipinski definition) is 2. The molecule has 0 aliphatic carbocycles. The largest absolute Gasteiger partial charge is 0.481 e. The molecule has 0 spiro atoms. The van der Waals surface area contributed by atoms with E-state index in [-0.39, 0.29) is 12.3 Å². The fourth-order valence-corrected chi connectivity index (χ4v) is 3.07. The molecule has 0 rings (SSSR count). The highest BCUT2D eigenvalue weighted by Gasteiger charge is 2.00. The van der Waals surface area contributed by atoms with Crippen LogP contribution in [0.2, 0.25) is 0 Å². The van der Waals surface area contributed by atoms with Crippen molar-refractivity contribution >= 4 is 11.9 Å². The van der Waals surface area contributed by atoms with Crippen LogP contribution in [0.3, 0.4) is 0 Å². The van der Waals surface area contributed by atoms with Crippen LogP contribution in [0.1, 0.15) is 117 Å². The van der Waals surface area contributed by atoms with Gasteiger partial charge in [0.25, 0.3) is 0 Å². The molecule has 0 aliphatic heterocycles. The van der Waals surface area contributed by atoms with Gasteiger partial charge in [0, 0.05) is 19.4 Å². The quantitative estimate of drug-likeness (QED) is 0.166. The number of nitrogens with one attached hydrogen (secondary N) is 1. The molecule has 0 aromatic carbocycles. The lowest BCUT2D eigenvalue weighted by atomic mass is 10.1. The van der Waals surface area contributed by atoms with Gasteiger partial charge in [-0.2, -0.15) is 0 Å². The fraction of sp³-hybridized carbons (Fsp3) is 0.846. The van der Waals surface area contributed by atoms with E-state index in [1.165, 1.54) is 77.0 Å². The van der Waals surface area contributed by atoms with Gasteiger partial charge in [0.1, 0.15) is 0 Å². The van der Waals surface area contributed by atoms with Crippen LogP contribution in [0.4, 0.5) is 0 Å². The van der Waals surface area contributed by atoms with Crippen molar-refractivity contribution in [3.05, 3.63) is 12.2 Å². The van der Waals surface area contributed by atoms with Gasteiger partial charge in [-0.05, 0) is 59.2 Å². The molecule has 184 valence electrons. The van der Waals surface area contributed by atoms with Gasteiger partial charge in [-0.3, -0.25) is 9.59 Å². The smallest absolute Gasteiger partial charge is 0.303 e. The lowest BCUT2D eigenvalue weighted by molar-refractivity contribution is -0.136. The minimum atomic E-state index is -0.745. The topological polar surface area (TPSA) is 69.6 Å². The summed E-state index contributed by atoms with van der Waals surface area (Å²) in [5.41, 5.74) is 0. The zero-order chi connectivity index (χ0) is 23.6. The van der Waals surface area contributed by atoms with E-state index >= 15 is 0 Å². The molecule has 0 radical (unpaired) electrons. The van der Waals surface area contributed by atoms with E-state index in [2.05, 4.69) is 43.4 Å². The average molecular weight is 441 g/mol.